The van der Waals surface area contributed by atoms with Crippen molar-refractivity contribution < 1.29 is 9.53 Å². The highest BCUT2D eigenvalue weighted by Gasteiger charge is 2.32. The second-order valence-corrected chi connectivity index (χ2v) is 6.83. The molecule has 2 rings (SSSR count). The molecule has 0 radical (unpaired) electrons. The lowest BCUT2D eigenvalue weighted by molar-refractivity contribution is -0.122. The van der Waals surface area contributed by atoms with Crippen LogP contribution in [0.25, 0.3) is 0 Å². The maximum Gasteiger partial charge on any atom is 0.307 e. The lowest BCUT2D eigenvalue weighted by atomic mass is 9.79. The van der Waals surface area contributed by atoms with Crippen LogP contribution in [0.3, 0.4) is 0 Å². The number of hydrogen-bond acceptors (Lipinski definition) is 5. The van der Waals surface area contributed by atoms with E-state index >= 15 is 0 Å². The van der Waals surface area contributed by atoms with Gasteiger partial charge >= 0.3 is 4.87 Å². The minimum Gasteiger partial charge on any atom is -0.384 e. The average Bonchev–Trinajstić information content (AvgIpc) is 2.83. The lowest BCUT2D eigenvalue weighted by Gasteiger charge is -2.37. The summed E-state index contributed by atoms with van der Waals surface area (Å²) in [4.78, 5) is 23.7. The van der Waals surface area contributed by atoms with Crippen molar-refractivity contribution in [3.63, 3.8) is 0 Å². The number of carbonyl (C=O) groups is 1. The number of ether oxygens (including phenoxy) is 1. The fourth-order valence-corrected chi connectivity index (χ4v) is 3.66. The SMILES string of the molecule is COCC1(CNC(=O)CCn2c(C)csc2=O)CCNCC1. The van der Waals surface area contributed by atoms with Gasteiger partial charge in [-0.2, -0.15) is 0 Å². The molecule has 6 nitrogen and oxygen atoms in total. The second-order valence-electron chi connectivity index (χ2n) is 6.00. The average molecular weight is 327 g/mol. The van der Waals surface area contributed by atoms with Gasteiger partial charge in [-0.25, -0.2) is 0 Å². The summed E-state index contributed by atoms with van der Waals surface area (Å²) in [6.45, 7) is 5.56. The highest BCUT2D eigenvalue weighted by atomic mass is 32.1. The standard InChI is InChI=1S/C15H25N3O3S/c1-12-9-22-14(20)18(12)8-3-13(19)17-10-15(11-21-2)4-6-16-7-5-15/h9,16H,3-8,10-11H2,1-2H3,(H,17,19). The summed E-state index contributed by atoms with van der Waals surface area (Å²) in [6.07, 6.45) is 2.34. The van der Waals surface area contributed by atoms with Crippen molar-refractivity contribution in [2.45, 2.75) is 32.7 Å². The molecule has 1 aromatic rings. The van der Waals surface area contributed by atoms with E-state index in [1.54, 1.807) is 11.7 Å². The van der Waals surface area contributed by atoms with Gasteiger partial charge in [-0.3, -0.25) is 9.59 Å². The topological polar surface area (TPSA) is 72.4 Å². The number of carbonyl (C=O) groups excluding carboxylic acids is 1. The molecule has 1 saturated heterocycles. The van der Waals surface area contributed by atoms with Gasteiger partial charge in [0.1, 0.15) is 0 Å². The van der Waals surface area contributed by atoms with Gasteiger partial charge < -0.3 is 19.9 Å². The maximum absolute atomic E-state index is 12.1. The Morgan fingerprint density at radius 2 is 2.23 bits per heavy atom. The highest BCUT2D eigenvalue weighted by molar-refractivity contribution is 7.07. The molecular weight excluding hydrogens is 302 g/mol. The van der Waals surface area contributed by atoms with E-state index in [1.807, 2.05) is 12.3 Å². The summed E-state index contributed by atoms with van der Waals surface area (Å²) < 4.78 is 7.00. The zero-order chi connectivity index (χ0) is 16.0. The Hall–Kier alpha value is -1.18. The van der Waals surface area contributed by atoms with Crippen LogP contribution in [0.5, 0.6) is 0 Å². The van der Waals surface area contributed by atoms with E-state index in [4.69, 9.17) is 4.74 Å². The summed E-state index contributed by atoms with van der Waals surface area (Å²) in [5, 5.41) is 8.18. The third-order valence-electron chi connectivity index (χ3n) is 4.31. The first-order valence-corrected chi connectivity index (χ1v) is 8.56. The van der Waals surface area contributed by atoms with Crippen LogP contribution in [0.15, 0.2) is 10.2 Å². The van der Waals surface area contributed by atoms with Crippen molar-refractivity contribution in [2.24, 2.45) is 5.41 Å². The quantitative estimate of drug-likeness (QED) is 0.775. The Bertz CT molecular complexity index is 541. The zero-order valence-corrected chi connectivity index (χ0v) is 14.1. The van der Waals surface area contributed by atoms with Crippen LogP contribution in [0.4, 0.5) is 0 Å². The molecule has 0 aromatic carbocycles. The number of amides is 1. The third kappa shape index (κ3) is 4.41. The number of nitrogens with zero attached hydrogens (tertiary/aromatic N) is 1. The van der Waals surface area contributed by atoms with Gasteiger partial charge in [-0.15, -0.1) is 0 Å². The molecular formula is C15H25N3O3S. The fourth-order valence-electron chi connectivity index (χ4n) is 2.90. The minimum absolute atomic E-state index is 0.000455. The highest BCUT2D eigenvalue weighted by Crippen LogP contribution is 2.28. The number of hydrogen-bond donors (Lipinski definition) is 2. The fraction of sp³-hybridized carbons (Fsp3) is 0.733. The Morgan fingerprint density at radius 3 is 2.82 bits per heavy atom. The molecule has 1 aliphatic rings. The van der Waals surface area contributed by atoms with Crippen molar-refractivity contribution >= 4 is 17.2 Å². The number of rotatable bonds is 7. The summed E-state index contributed by atoms with van der Waals surface area (Å²) in [5.41, 5.74) is 0.946. The van der Waals surface area contributed by atoms with Gasteiger partial charge in [0.05, 0.1) is 6.61 Å². The summed E-state index contributed by atoms with van der Waals surface area (Å²) in [7, 11) is 1.71. The number of thiazole rings is 1. The number of aryl methyl sites for hydroxylation is 1. The predicted molar refractivity (Wildman–Crippen MR) is 87.4 cm³/mol. The van der Waals surface area contributed by atoms with Crippen LogP contribution >= 0.6 is 11.3 Å². The van der Waals surface area contributed by atoms with Gasteiger partial charge in [0.2, 0.25) is 5.91 Å². The molecule has 2 heterocycles. The molecule has 1 amide bonds. The molecule has 0 saturated carbocycles. The molecule has 1 fully saturated rings. The van der Waals surface area contributed by atoms with Crippen LogP contribution < -0.4 is 15.5 Å². The maximum atomic E-state index is 12.1. The Balaban J connectivity index is 1.82. The molecule has 7 heteroatoms. The molecule has 1 aromatic heterocycles. The Morgan fingerprint density at radius 1 is 1.50 bits per heavy atom. The van der Waals surface area contributed by atoms with Crippen molar-refractivity contribution in [3.05, 3.63) is 20.7 Å². The monoisotopic (exact) mass is 327 g/mol. The van der Waals surface area contributed by atoms with Crippen molar-refractivity contribution in [2.75, 3.05) is 33.4 Å². The van der Waals surface area contributed by atoms with Gasteiger partial charge in [0, 0.05) is 43.1 Å². The minimum atomic E-state index is -0.00786. The summed E-state index contributed by atoms with van der Waals surface area (Å²) in [6, 6.07) is 0. The molecule has 1 aliphatic heterocycles. The van der Waals surface area contributed by atoms with E-state index < -0.39 is 0 Å². The first-order valence-electron chi connectivity index (χ1n) is 7.68. The van der Waals surface area contributed by atoms with Crippen LogP contribution in [0.1, 0.15) is 25.0 Å². The van der Waals surface area contributed by atoms with Crippen molar-refractivity contribution in [1.82, 2.24) is 15.2 Å². The molecule has 0 bridgehead atoms. The number of nitrogens with one attached hydrogen (secondary N) is 2. The molecule has 0 spiro atoms. The molecule has 0 unspecified atom stereocenters. The van der Waals surface area contributed by atoms with E-state index in [0.29, 0.717) is 26.1 Å². The van der Waals surface area contributed by atoms with Crippen LogP contribution in [-0.2, 0) is 16.1 Å². The van der Waals surface area contributed by atoms with E-state index in [9.17, 15) is 9.59 Å². The van der Waals surface area contributed by atoms with Gasteiger partial charge in [-0.1, -0.05) is 11.3 Å². The third-order valence-corrected chi connectivity index (χ3v) is 5.20. The Labute approximate surface area is 134 Å². The molecule has 2 N–H and O–H groups in total. The van der Waals surface area contributed by atoms with Crippen molar-refractivity contribution in [3.8, 4) is 0 Å². The normalized spacial score (nSPS) is 17.4. The van der Waals surface area contributed by atoms with Crippen LogP contribution in [0.2, 0.25) is 0 Å². The number of piperidine rings is 1. The van der Waals surface area contributed by atoms with E-state index in [0.717, 1.165) is 31.6 Å². The van der Waals surface area contributed by atoms with Gasteiger partial charge in [0.15, 0.2) is 0 Å². The van der Waals surface area contributed by atoms with Crippen molar-refractivity contribution in [1.29, 1.82) is 0 Å². The Kier molecular flexibility index (Phi) is 6.16. The van der Waals surface area contributed by atoms with Gasteiger partial charge in [-0.05, 0) is 32.9 Å². The van der Waals surface area contributed by atoms with E-state index in [2.05, 4.69) is 10.6 Å². The van der Waals surface area contributed by atoms with Crippen LogP contribution in [-0.4, -0.2) is 43.8 Å². The van der Waals surface area contributed by atoms with Gasteiger partial charge in [0.25, 0.3) is 0 Å². The lowest BCUT2D eigenvalue weighted by Crippen LogP contribution is -2.47. The first-order chi connectivity index (χ1) is 10.6. The zero-order valence-electron chi connectivity index (χ0n) is 13.3. The van der Waals surface area contributed by atoms with Crippen LogP contribution in [0, 0.1) is 12.3 Å². The molecule has 0 aliphatic carbocycles. The largest absolute Gasteiger partial charge is 0.384 e. The predicted octanol–water partition coefficient (Wildman–Crippen LogP) is 0.741. The number of aromatic nitrogens is 1. The molecule has 22 heavy (non-hydrogen) atoms. The van der Waals surface area contributed by atoms with E-state index in [1.165, 1.54) is 11.3 Å². The molecule has 124 valence electrons. The summed E-state index contributed by atoms with van der Waals surface area (Å²) in [5.74, 6) is -0.00786. The number of methoxy groups -OCH3 is 1. The first kappa shape index (κ1) is 17.2. The molecule has 0 atom stereocenters. The van der Waals surface area contributed by atoms with E-state index in [-0.39, 0.29) is 16.2 Å². The summed E-state index contributed by atoms with van der Waals surface area (Å²) >= 11 is 1.18. The second kappa shape index (κ2) is 7.89. The smallest absolute Gasteiger partial charge is 0.307 e.